The van der Waals surface area contributed by atoms with Crippen LogP contribution in [0.15, 0.2) is 48.8 Å². The van der Waals surface area contributed by atoms with Crippen LogP contribution in [0.3, 0.4) is 0 Å². The number of hydrogen-bond acceptors (Lipinski definition) is 6. The van der Waals surface area contributed by atoms with Crippen LogP contribution in [0.2, 0.25) is 0 Å². The van der Waals surface area contributed by atoms with Crippen LogP contribution in [0.5, 0.6) is 5.75 Å². The molecule has 0 saturated carbocycles. The highest BCUT2D eigenvalue weighted by Crippen LogP contribution is 2.28. The summed E-state index contributed by atoms with van der Waals surface area (Å²) in [4.78, 5) is 8.85. The quantitative estimate of drug-likeness (QED) is 0.580. The summed E-state index contributed by atoms with van der Waals surface area (Å²) >= 11 is 0. The van der Waals surface area contributed by atoms with Gasteiger partial charge in [0, 0.05) is 5.56 Å². The summed E-state index contributed by atoms with van der Waals surface area (Å²) in [5.74, 6) is 0.679. The molecule has 0 fully saturated rings. The lowest BCUT2D eigenvalue weighted by Gasteiger charge is -2.07. The van der Waals surface area contributed by atoms with Crippen molar-refractivity contribution in [2.75, 3.05) is 5.32 Å². The Morgan fingerprint density at radius 3 is 2.63 bits per heavy atom. The minimum Gasteiger partial charge on any atom is -0.507 e. The molecule has 4 rings (SSSR count). The van der Waals surface area contributed by atoms with Crippen LogP contribution < -0.4 is 5.32 Å². The van der Waals surface area contributed by atoms with E-state index >= 15 is 0 Å². The van der Waals surface area contributed by atoms with Gasteiger partial charge < -0.3 is 10.4 Å². The maximum absolute atomic E-state index is 9.96. The van der Waals surface area contributed by atoms with E-state index in [2.05, 4.69) is 26.5 Å². The largest absolute Gasteiger partial charge is 0.507 e. The molecule has 2 aromatic heterocycles. The lowest BCUT2D eigenvalue weighted by Crippen LogP contribution is -1.96. The number of rotatable bonds is 3. The molecule has 0 aliphatic carbocycles. The molecule has 0 amide bonds. The molecule has 2 N–H and O–H groups in total. The molecule has 0 aliphatic heterocycles. The summed E-state index contributed by atoms with van der Waals surface area (Å²) in [7, 11) is 0. The number of fused-ring (bicyclic) bond motifs is 1. The third-order valence-electron chi connectivity index (χ3n) is 4.30. The maximum atomic E-state index is 9.96. The molecule has 4 aromatic rings. The molecule has 27 heavy (non-hydrogen) atoms. The zero-order chi connectivity index (χ0) is 19.0. The van der Waals surface area contributed by atoms with Gasteiger partial charge in [0.1, 0.15) is 11.8 Å². The highest BCUT2D eigenvalue weighted by molar-refractivity contribution is 5.66. The standard InChI is InChI=1S/C20H16N6O/c1-12-7-15(8-13(2)19(12)27)17-11-26-18(10-22-17)24-20(25-26)23-16-6-4-3-5-14(16)9-21/h3-8,10-11,27H,1-2H3,(H,23,25). The molecule has 0 bridgehead atoms. The smallest absolute Gasteiger partial charge is 0.247 e. The Morgan fingerprint density at radius 2 is 1.89 bits per heavy atom. The molecule has 2 heterocycles. The first-order valence-corrected chi connectivity index (χ1v) is 8.34. The number of aromatic hydroxyl groups is 1. The van der Waals surface area contributed by atoms with Crippen molar-refractivity contribution >= 4 is 17.3 Å². The molecule has 0 radical (unpaired) electrons. The third-order valence-corrected chi connectivity index (χ3v) is 4.30. The van der Waals surface area contributed by atoms with Crippen LogP contribution in [0.25, 0.3) is 16.9 Å². The topological polar surface area (TPSA) is 99.1 Å². The van der Waals surface area contributed by atoms with Gasteiger partial charge in [-0.25, -0.2) is 4.52 Å². The first-order chi connectivity index (χ1) is 13.0. The van der Waals surface area contributed by atoms with Crippen molar-refractivity contribution in [3.8, 4) is 23.1 Å². The molecule has 132 valence electrons. The van der Waals surface area contributed by atoms with Crippen LogP contribution in [-0.4, -0.2) is 24.7 Å². The summed E-state index contributed by atoms with van der Waals surface area (Å²) in [5.41, 5.74) is 4.95. The number of nitrogens with zero attached hydrogens (tertiary/aromatic N) is 5. The van der Waals surface area contributed by atoms with Gasteiger partial charge in [0.15, 0.2) is 5.65 Å². The van der Waals surface area contributed by atoms with Crippen LogP contribution in [0.1, 0.15) is 16.7 Å². The number of hydrogen-bond donors (Lipinski definition) is 2. The molecule has 2 aromatic carbocycles. The Morgan fingerprint density at radius 1 is 1.15 bits per heavy atom. The number of para-hydroxylation sites is 1. The fraction of sp³-hybridized carbons (Fsp3) is 0.100. The van der Waals surface area contributed by atoms with Gasteiger partial charge in [0.2, 0.25) is 5.95 Å². The minimum atomic E-state index is 0.295. The molecule has 7 nitrogen and oxygen atoms in total. The molecule has 0 spiro atoms. The van der Waals surface area contributed by atoms with E-state index in [1.807, 2.05) is 32.0 Å². The van der Waals surface area contributed by atoms with Crippen LogP contribution in [0.4, 0.5) is 11.6 Å². The zero-order valence-corrected chi connectivity index (χ0v) is 14.8. The van der Waals surface area contributed by atoms with Gasteiger partial charge in [-0.3, -0.25) is 4.98 Å². The normalized spacial score (nSPS) is 10.7. The Kier molecular flexibility index (Phi) is 3.94. The van der Waals surface area contributed by atoms with Gasteiger partial charge in [-0.2, -0.15) is 10.2 Å². The molecule has 0 saturated heterocycles. The molecule has 7 heteroatoms. The third kappa shape index (κ3) is 3.04. The molecular formula is C20H16N6O. The number of phenols is 1. The Bertz CT molecular complexity index is 1180. The zero-order valence-electron chi connectivity index (χ0n) is 14.8. The SMILES string of the molecule is Cc1cc(-c2cn3nc(Nc4ccccc4C#N)nc3cn2)cc(C)c1O. The first-order valence-electron chi connectivity index (χ1n) is 8.34. The number of benzene rings is 2. The maximum Gasteiger partial charge on any atom is 0.247 e. The van der Waals surface area contributed by atoms with Gasteiger partial charge in [0.25, 0.3) is 0 Å². The van der Waals surface area contributed by atoms with E-state index in [9.17, 15) is 10.4 Å². The number of phenolic OH excluding ortho intramolecular Hbond substituents is 1. The van der Waals surface area contributed by atoms with E-state index in [4.69, 9.17) is 0 Å². The fourth-order valence-corrected chi connectivity index (χ4v) is 2.91. The predicted octanol–water partition coefficient (Wildman–Crippen LogP) is 3.73. The lowest BCUT2D eigenvalue weighted by atomic mass is 10.0. The fourth-order valence-electron chi connectivity index (χ4n) is 2.91. The van der Waals surface area contributed by atoms with E-state index in [1.165, 1.54) is 0 Å². The highest BCUT2D eigenvalue weighted by Gasteiger charge is 2.10. The molecule has 0 atom stereocenters. The number of nitrogens with one attached hydrogen (secondary N) is 1. The Labute approximate surface area is 155 Å². The van der Waals surface area contributed by atoms with E-state index in [1.54, 1.807) is 35.1 Å². The van der Waals surface area contributed by atoms with Crippen molar-refractivity contribution in [1.29, 1.82) is 5.26 Å². The Hall–Kier alpha value is -3.92. The predicted molar refractivity (Wildman–Crippen MR) is 102 cm³/mol. The second-order valence-corrected chi connectivity index (χ2v) is 6.25. The van der Waals surface area contributed by atoms with Crippen molar-refractivity contribution < 1.29 is 5.11 Å². The van der Waals surface area contributed by atoms with Gasteiger partial charge in [-0.05, 0) is 49.2 Å². The van der Waals surface area contributed by atoms with E-state index in [0.29, 0.717) is 28.6 Å². The summed E-state index contributed by atoms with van der Waals surface area (Å²) in [6, 6.07) is 13.1. The van der Waals surface area contributed by atoms with Gasteiger partial charge in [-0.1, -0.05) is 12.1 Å². The highest BCUT2D eigenvalue weighted by atomic mass is 16.3. The number of aryl methyl sites for hydroxylation is 2. The van der Waals surface area contributed by atoms with Crippen molar-refractivity contribution in [2.24, 2.45) is 0 Å². The van der Waals surface area contributed by atoms with Crippen LogP contribution in [0, 0.1) is 25.2 Å². The van der Waals surface area contributed by atoms with Gasteiger partial charge >= 0.3 is 0 Å². The lowest BCUT2D eigenvalue weighted by molar-refractivity contribution is 0.467. The molecule has 0 aliphatic rings. The van der Waals surface area contributed by atoms with Gasteiger partial charge in [0.05, 0.1) is 29.3 Å². The second-order valence-electron chi connectivity index (χ2n) is 6.25. The second kappa shape index (κ2) is 6.42. The molecular weight excluding hydrogens is 340 g/mol. The van der Waals surface area contributed by atoms with E-state index < -0.39 is 0 Å². The van der Waals surface area contributed by atoms with E-state index in [0.717, 1.165) is 22.4 Å². The van der Waals surface area contributed by atoms with Crippen molar-refractivity contribution in [2.45, 2.75) is 13.8 Å². The first kappa shape index (κ1) is 16.5. The number of nitriles is 1. The monoisotopic (exact) mass is 356 g/mol. The van der Waals surface area contributed by atoms with Crippen LogP contribution in [-0.2, 0) is 0 Å². The van der Waals surface area contributed by atoms with Crippen LogP contribution >= 0.6 is 0 Å². The minimum absolute atomic E-state index is 0.295. The van der Waals surface area contributed by atoms with E-state index in [-0.39, 0.29) is 0 Å². The average molecular weight is 356 g/mol. The van der Waals surface area contributed by atoms with Crippen molar-refractivity contribution in [3.05, 3.63) is 65.5 Å². The summed E-state index contributed by atoms with van der Waals surface area (Å²) in [6.45, 7) is 3.71. The average Bonchev–Trinajstić information content (AvgIpc) is 3.07. The number of aromatic nitrogens is 4. The summed E-state index contributed by atoms with van der Waals surface area (Å²) in [6.07, 6.45) is 3.43. The Balaban J connectivity index is 1.71. The van der Waals surface area contributed by atoms with Gasteiger partial charge in [-0.15, -0.1) is 5.10 Å². The van der Waals surface area contributed by atoms with Crippen molar-refractivity contribution in [3.63, 3.8) is 0 Å². The van der Waals surface area contributed by atoms with Crippen molar-refractivity contribution in [1.82, 2.24) is 19.6 Å². The number of anilines is 2. The summed E-state index contributed by atoms with van der Waals surface area (Å²) in [5, 5.41) is 26.7. The molecule has 0 unspecified atom stereocenters. The summed E-state index contributed by atoms with van der Waals surface area (Å²) < 4.78 is 1.64.